The Labute approximate surface area is 116 Å². The summed E-state index contributed by atoms with van der Waals surface area (Å²) in [6.45, 7) is 2.59. The molecule has 1 aliphatic heterocycles. The second-order valence-electron chi connectivity index (χ2n) is 4.40. The number of sulfone groups is 1. The Morgan fingerprint density at radius 2 is 2.33 bits per heavy atom. The number of anilines is 1. The van der Waals surface area contributed by atoms with Gasteiger partial charge in [-0.15, -0.1) is 11.3 Å². The smallest absolute Gasteiger partial charge is 0.186 e. The fraction of sp³-hybridized carbons (Fsp3) is 0.700. The first kappa shape index (κ1) is 14.1. The molecular formula is C10H17N3O2S3. The van der Waals surface area contributed by atoms with Crippen LogP contribution in [-0.2, 0) is 9.84 Å². The van der Waals surface area contributed by atoms with E-state index in [1.807, 2.05) is 17.2 Å². The van der Waals surface area contributed by atoms with Crippen molar-refractivity contribution < 1.29 is 8.42 Å². The number of nitrogens with two attached hydrogens (primary N) is 1. The number of nitrogens with zero attached hydrogens (tertiary/aromatic N) is 2. The molecule has 0 amide bonds. The van der Waals surface area contributed by atoms with Crippen LogP contribution >= 0.6 is 23.1 Å². The number of aromatic nitrogens is 1. The fourth-order valence-electron chi connectivity index (χ4n) is 1.77. The summed E-state index contributed by atoms with van der Waals surface area (Å²) in [5.74, 6) is 1.53. The minimum Gasteiger partial charge on any atom is -0.330 e. The molecule has 0 aromatic carbocycles. The Morgan fingerprint density at radius 3 is 2.89 bits per heavy atom. The van der Waals surface area contributed by atoms with Gasteiger partial charge in [0.2, 0.25) is 0 Å². The third kappa shape index (κ3) is 2.98. The van der Waals surface area contributed by atoms with Crippen LogP contribution in [0.25, 0.3) is 0 Å². The molecule has 1 saturated heterocycles. The van der Waals surface area contributed by atoms with Crippen molar-refractivity contribution in [3.63, 3.8) is 0 Å². The zero-order valence-electron chi connectivity index (χ0n) is 10.4. The first-order valence-corrected chi connectivity index (χ1v) is 9.62. The fourth-order valence-corrected chi connectivity index (χ4v) is 5.66. The Bertz CT molecular complexity index is 512. The highest BCUT2D eigenvalue weighted by Gasteiger charge is 2.32. The summed E-state index contributed by atoms with van der Waals surface area (Å²) in [7, 11) is -3.09. The third-order valence-electron chi connectivity index (χ3n) is 2.80. The molecule has 1 aromatic heterocycles. The minimum absolute atomic E-state index is 0.120. The lowest BCUT2D eigenvalue weighted by Gasteiger charge is -2.33. The van der Waals surface area contributed by atoms with Crippen LogP contribution in [0.3, 0.4) is 0 Å². The number of thiazole rings is 1. The second kappa shape index (κ2) is 5.36. The van der Waals surface area contributed by atoms with Crippen LogP contribution in [-0.4, -0.2) is 43.1 Å². The molecule has 2 unspecified atom stereocenters. The quantitative estimate of drug-likeness (QED) is 0.901. The highest BCUT2D eigenvalue weighted by molar-refractivity contribution is 8.01. The lowest BCUT2D eigenvalue weighted by Crippen LogP contribution is -2.47. The van der Waals surface area contributed by atoms with E-state index in [9.17, 15) is 8.42 Å². The molecule has 0 radical (unpaired) electrons. The molecule has 0 spiro atoms. The molecular weight excluding hydrogens is 290 g/mol. The normalized spacial score (nSPS) is 23.1. The maximum atomic E-state index is 11.8. The van der Waals surface area contributed by atoms with Crippen LogP contribution in [0.15, 0.2) is 5.38 Å². The summed E-state index contributed by atoms with van der Waals surface area (Å²) in [6.07, 6.45) is 1.29. The molecule has 102 valence electrons. The molecule has 0 saturated carbocycles. The van der Waals surface area contributed by atoms with Crippen molar-refractivity contribution in [2.24, 2.45) is 5.73 Å². The first-order valence-electron chi connectivity index (χ1n) is 5.64. The van der Waals surface area contributed by atoms with Crippen LogP contribution < -0.4 is 10.6 Å². The van der Waals surface area contributed by atoms with Gasteiger partial charge in [0, 0.05) is 35.7 Å². The van der Waals surface area contributed by atoms with Crippen LogP contribution in [0.4, 0.5) is 5.13 Å². The van der Waals surface area contributed by atoms with E-state index >= 15 is 0 Å². The van der Waals surface area contributed by atoms with Crippen molar-refractivity contribution in [2.45, 2.75) is 18.3 Å². The Hall–Kier alpha value is -0.310. The lowest BCUT2D eigenvalue weighted by molar-refractivity contribution is 0.584. The zero-order chi connectivity index (χ0) is 13.3. The third-order valence-corrected chi connectivity index (χ3v) is 6.34. The largest absolute Gasteiger partial charge is 0.330 e. The van der Waals surface area contributed by atoms with E-state index in [0.717, 1.165) is 16.6 Å². The van der Waals surface area contributed by atoms with E-state index in [2.05, 4.69) is 4.98 Å². The molecule has 1 aromatic rings. The molecule has 2 heterocycles. The van der Waals surface area contributed by atoms with Gasteiger partial charge in [0.25, 0.3) is 0 Å². The number of hydrogen-bond acceptors (Lipinski definition) is 7. The highest BCUT2D eigenvalue weighted by Crippen LogP contribution is 2.30. The molecule has 5 nitrogen and oxygen atoms in total. The number of thioether (sulfide) groups is 1. The highest BCUT2D eigenvalue weighted by atomic mass is 32.2. The second-order valence-corrected chi connectivity index (χ2v) is 8.59. The molecule has 2 N–H and O–H groups in total. The van der Waals surface area contributed by atoms with Crippen molar-refractivity contribution in [3.8, 4) is 0 Å². The topological polar surface area (TPSA) is 76.3 Å². The predicted octanol–water partition coefficient (Wildman–Crippen LogP) is 1.09. The van der Waals surface area contributed by atoms with Gasteiger partial charge >= 0.3 is 0 Å². The summed E-state index contributed by atoms with van der Waals surface area (Å²) in [5, 5.41) is 2.20. The van der Waals surface area contributed by atoms with Crippen LogP contribution in [0.2, 0.25) is 0 Å². The van der Waals surface area contributed by atoms with Gasteiger partial charge in [0.1, 0.15) is 5.37 Å². The number of rotatable bonds is 3. The van der Waals surface area contributed by atoms with Gasteiger partial charge in [-0.25, -0.2) is 13.4 Å². The molecule has 0 bridgehead atoms. The predicted molar refractivity (Wildman–Crippen MR) is 78.0 cm³/mol. The molecule has 0 aliphatic carbocycles. The molecule has 1 aliphatic rings. The number of hydrogen-bond donors (Lipinski definition) is 1. The lowest BCUT2D eigenvalue weighted by atomic mass is 10.3. The maximum Gasteiger partial charge on any atom is 0.186 e. The standard InChI is InChI=1S/C10H17N3O2S3/c1-7(11)8-5-17-10(12-8)13-3-4-16-6-9(13)18(2,14)15/h5,7,9H,3-4,6,11H2,1-2H3. The summed E-state index contributed by atoms with van der Waals surface area (Å²) < 4.78 is 23.6. The van der Waals surface area contributed by atoms with Crippen molar-refractivity contribution >= 4 is 38.1 Å². The van der Waals surface area contributed by atoms with Gasteiger partial charge in [-0.3, -0.25) is 0 Å². The van der Waals surface area contributed by atoms with Gasteiger partial charge < -0.3 is 10.6 Å². The van der Waals surface area contributed by atoms with Crippen LogP contribution in [0, 0.1) is 0 Å². The van der Waals surface area contributed by atoms with E-state index in [0.29, 0.717) is 12.3 Å². The molecule has 2 atom stereocenters. The van der Waals surface area contributed by atoms with Crippen molar-refractivity contribution in [1.82, 2.24) is 4.98 Å². The van der Waals surface area contributed by atoms with Gasteiger partial charge in [-0.1, -0.05) is 0 Å². The molecule has 8 heteroatoms. The molecule has 18 heavy (non-hydrogen) atoms. The van der Waals surface area contributed by atoms with Crippen LogP contribution in [0.1, 0.15) is 18.7 Å². The zero-order valence-corrected chi connectivity index (χ0v) is 12.8. The van der Waals surface area contributed by atoms with E-state index in [4.69, 9.17) is 5.73 Å². The molecule has 1 fully saturated rings. The summed E-state index contributed by atoms with van der Waals surface area (Å²) in [5.41, 5.74) is 6.60. The van der Waals surface area contributed by atoms with Gasteiger partial charge in [0.05, 0.1) is 5.69 Å². The van der Waals surface area contributed by atoms with Gasteiger partial charge in [-0.2, -0.15) is 11.8 Å². The van der Waals surface area contributed by atoms with Crippen molar-refractivity contribution in [2.75, 3.05) is 29.2 Å². The summed E-state index contributed by atoms with van der Waals surface area (Å²) in [6, 6.07) is -0.120. The van der Waals surface area contributed by atoms with Gasteiger partial charge in [-0.05, 0) is 6.92 Å². The SMILES string of the molecule is CC(N)c1csc(N2CCSCC2S(C)(=O)=O)n1. The van der Waals surface area contributed by atoms with Crippen molar-refractivity contribution in [3.05, 3.63) is 11.1 Å². The minimum atomic E-state index is -3.09. The van der Waals surface area contributed by atoms with E-state index in [-0.39, 0.29) is 6.04 Å². The first-order chi connectivity index (χ1) is 8.39. The van der Waals surface area contributed by atoms with Gasteiger partial charge in [0.15, 0.2) is 15.0 Å². The Balaban J connectivity index is 2.28. The molecule has 2 rings (SSSR count). The Kier molecular flexibility index (Phi) is 4.20. The van der Waals surface area contributed by atoms with E-state index in [1.54, 1.807) is 11.8 Å². The van der Waals surface area contributed by atoms with E-state index in [1.165, 1.54) is 17.6 Å². The van der Waals surface area contributed by atoms with Crippen molar-refractivity contribution in [1.29, 1.82) is 0 Å². The van der Waals surface area contributed by atoms with Crippen LogP contribution in [0.5, 0.6) is 0 Å². The van der Waals surface area contributed by atoms with E-state index < -0.39 is 15.2 Å². The maximum absolute atomic E-state index is 11.8. The summed E-state index contributed by atoms with van der Waals surface area (Å²) >= 11 is 3.14. The monoisotopic (exact) mass is 307 g/mol. The average molecular weight is 307 g/mol. The summed E-state index contributed by atoms with van der Waals surface area (Å²) in [4.78, 5) is 6.33. The average Bonchev–Trinajstić information content (AvgIpc) is 2.77. The Morgan fingerprint density at radius 1 is 1.61 bits per heavy atom.